The predicted octanol–water partition coefficient (Wildman–Crippen LogP) is 6.05. The van der Waals surface area contributed by atoms with Crippen molar-refractivity contribution in [1.82, 2.24) is 9.97 Å². The van der Waals surface area contributed by atoms with E-state index in [0.29, 0.717) is 44.7 Å². The Kier molecular flexibility index (Phi) is 7.04. The molecule has 8 heteroatoms. The number of ether oxygens (including phenoxy) is 2. The molecule has 0 aliphatic heterocycles. The van der Waals surface area contributed by atoms with E-state index >= 15 is 0 Å². The summed E-state index contributed by atoms with van der Waals surface area (Å²) in [4.78, 5) is 20.6. The first kappa shape index (κ1) is 23.2. The van der Waals surface area contributed by atoms with Crippen LogP contribution in [0.15, 0.2) is 73.6 Å². The van der Waals surface area contributed by atoms with Gasteiger partial charge in [0.05, 0.1) is 17.6 Å². The molecule has 1 heterocycles. The van der Waals surface area contributed by atoms with Gasteiger partial charge in [0.2, 0.25) is 0 Å². The third-order valence-electron chi connectivity index (χ3n) is 5.11. The van der Waals surface area contributed by atoms with Crippen molar-refractivity contribution in [2.75, 3.05) is 12.4 Å². The molecular weight excluding hydrogens is 457 g/mol. The number of methoxy groups -OCH3 is 1. The molecule has 0 unspecified atom stereocenters. The number of carbonyl (C=O) groups is 1. The third-order valence-corrected chi connectivity index (χ3v) is 5.40. The molecule has 0 saturated heterocycles. The highest BCUT2D eigenvalue weighted by Gasteiger charge is 2.13. The first-order valence-electron chi connectivity index (χ1n) is 10.4. The molecule has 0 saturated carbocycles. The van der Waals surface area contributed by atoms with Crippen LogP contribution in [0.3, 0.4) is 0 Å². The maximum absolute atomic E-state index is 13.4. The van der Waals surface area contributed by atoms with Crippen LogP contribution in [0.5, 0.6) is 11.5 Å². The number of hydrogen-bond donors (Lipinski definition) is 1. The van der Waals surface area contributed by atoms with E-state index in [1.807, 2.05) is 6.07 Å². The number of ketones is 1. The zero-order chi connectivity index (χ0) is 24.1. The largest absolute Gasteiger partial charge is 0.496 e. The molecular formula is C26H21ClFN3O3. The van der Waals surface area contributed by atoms with E-state index in [-0.39, 0.29) is 24.6 Å². The number of anilines is 2. The number of carbonyl (C=O) groups excluding carboxylic acids is 1. The second kappa shape index (κ2) is 10.3. The fourth-order valence-corrected chi connectivity index (χ4v) is 3.67. The van der Waals surface area contributed by atoms with Gasteiger partial charge in [-0.1, -0.05) is 30.3 Å². The molecule has 0 spiro atoms. The van der Waals surface area contributed by atoms with Crippen molar-refractivity contribution < 1.29 is 18.7 Å². The van der Waals surface area contributed by atoms with Gasteiger partial charge in [-0.15, -0.1) is 0 Å². The number of benzene rings is 3. The van der Waals surface area contributed by atoms with E-state index in [4.69, 9.17) is 21.1 Å². The molecule has 1 N–H and O–H groups in total. The highest BCUT2D eigenvalue weighted by molar-refractivity contribution is 6.32. The number of nitrogens with zero attached hydrogens (tertiary/aromatic N) is 2. The fourth-order valence-electron chi connectivity index (χ4n) is 3.44. The van der Waals surface area contributed by atoms with Crippen LogP contribution in [0.2, 0.25) is 5.02 Å². The second-order valence-corrected chi connectivity index (χ2v) is 7.85. The number of fused-ring (bicyclic) bond motifs is 1. The maximum atomic E-state index is 13.4. The summed E-state index contributed by atoms with van der Waals surface area (Å²) in [5.41, 5.74) is 2.75. The van der Waals surface area contributed by atoms with Crippen LogP contribution in [-0.4, -0.2) is 22.9 Å². The number of allylic oxidation sites excluding steroid dienone is 1. The third kappa shape index (κ3) is 5.32. The van der Waals surface area contributed by atoms with Crippen molar-refractivity contribution in [2.45, 2.75) is 13.0 Å². The van der Waals surface area contributed by atoms with Crippen molar-refractivity contribution >= 4 is 39.8 Å². The quantitative estimate of drug-likeness (QED) is 0.296. The topological polar surface area (TPSA) is 73.3 Å². The summed E-state index contributed by atoms with van der Waals surface area (Å²) in [5, 5.41) is 4.35. The lowest BCUT2D eigenvalue weighted by atomic mass is 10.0. The summed E-state index contributed by atoms with van der Waals surface area (Å²) in [6, 6.07) is 15.0. The van der Waals surface area contributed by atoms with Gasteiger partial charge in [0.15, 0.2) is 5.78 Å². The summed E-state index contributed by atoms with van der Waals surface area (Å²) < 4.78 is 24.5. The van der Waals surface area contributed by atoms with Crippen LogP contribution in [0.1, 0.15) is 11.1 Å². The molecule has 0 amide bonds. The van der Waals surface area contributed by atoms with Crippen LogP contribution in [0.25, 0.3) is 10.9 Å². The van der Waals surface area contributed by atoms with E-state index in [0.717, 1.165) is 5.39 Å². The SMILES string of the molecule is C=CC(=O)Cc1cc2c(Nc3ccc(OCc4cccc(F)c4)c(Cl)c3)ncnc2cc1OC. The summed E-state index contributed by atoms with van der Waals surface area (Å²) in [7, 11) is 1.54. The Morgan fingerprint density at radius 3 is 2.74 bits per heavy atom. The molecule has 0 aliphatic carbocycles. The summed E-state index contributed by atoms with van der Waals surface area (Å²) in [6.07, 6.45) is 2.88. The number of halogens is 2. The van der Waals surface area contributed by atoms with Gasteiger partial charge in [0.25, 0.3) is 0 Å². The number of aromatic nitrogens is 2. The summed E-state index contributed by atoms with van der Waals surface area (Å²) in [6.45, 7) is 3.72. The Hall–Kier alpha value is -3.97. The summed E-state index contributed by atoms with van der Waals surface area (Å²) in [5.74, 6) is 1.14. The van der Waals surface area contributed by atoms with E-state index < -0.39 is 0 Å². The van der Waals surface area contributed by atoms with Gasteiger partial charge >= 0.3 is 0 Å². The lowest BCUT2D eigenvalue weighted by Crippen LogP contribution is -2.03. The van der Waals surface area contributed by atoms with Gasteiger partial charge < -0.3 is 14.8 Å². The monoisotopic (exact) mass is 477 g/mol. The molecule has 0 aliphatic rings. The van der Waals surface area contributed by atoms with Crippen molar-refractivity contribution in [3.05, 3.63) is 95.5 Å². The first-order chi connectivity index (χ1) is 16.5. The Morgan fingerprint density at radius 1 is 1.15 bits per heavy atom. The Labute approximate surface area is 201 Å². The fraction of sp³-hybridized carbons (Fsp3) is 0.115. The van der Waals surface area contributed by atoms with Crippen LogP contribution < -0.4 is 14.8 Å². The van der Waals surface area contributed by atoms with Crippen LogP contribution in [-0.2, 0) is 17.8 Å². The van der Waals surface area contributed by atoms with Gasteiger partial charge in [-0.25, -0.2) is 14.4 Å². The Balaban J connectivity index is 1.58. The first-order valence-corrected chi connectivity index (χ1v) is 10.8. The molecule has 0 bridgehead atoms. The minimum atomic E-state index is -0.321. The number of hydrogen-bond acceptors (Lipinski definition) is 6. The number of nitrogens with one attached hydrogen (secondary N) is 1. The predicted molar refractivity (Wildman–Crippen MR) is 130 cm³/mol. The zero-order valence-corrected chi connectivity index (χ0v) is 19.1. The molecule has 0 atom stereocenters. The smallest absolute Gasteiger partial charge is 0.159 e. The second-order valence-electron chi connectivity index (χ2n) is 7.44. The average molecular weight is 478 g/mol. The van der Waals surface area contributed by atoms with Crippen LogP contribution in [0, 0.1) is 5.82 Å². The standard InChI is InChI=1S/C26H21ClFN3O3/c1-3-20(32)10-17-11-21-23(13-25(17)33-2)29-15-30-26(21)31-19-7-8-24(22(27)12-19)34-14-16-5-4-6-18(28)9-16/h3-9,11-13,15H,1,10,14H2,2H3,(H,29,30,31). The van der Waals surface area contributed by atoms with E-state index in [9.17, 15) is 9.18 Å². The Bertz CT molecular complexity index is 1380. The van der Waals surface area contributed by atoms with Gasteiger partial charge in [0.1, 0.15) is 36.1 Å². The molecule has 3 aromatic carbocycles. The van der Waals surface area contributed by atoms with Gasteiger partial charge in [0, 0.05) is 29.1 Å². The lowest BCUT2D eigenvalue weighted by Gasteiger charge is -2.13. The summed E-state index contributed by atoms with van der Waals surface area (Å²) >= 11 is 6.41. The van der Waals surface area contributed by atoms with Crippen molar-refractivity contribution in [3.8, 4) is 11.5 Å². The van der Waals surface area contributed by atoms with Crippen molar-refractivity contribution in [1.29, 1.82) is 0 Å². The molecule has 6 nitrogen and oxygen atoms in total. The maximum Gasteiger partial charge on any atom is 0.159 e. The zero-order valence-electron chi connectivity index (χ0n) is 18.3. The molecule has 0 fully saturated rings. The van der Waals surface area contributed by atoms with Gasteiger partial charge in [-0.3, -0.25) is 4.79 Å². The van der Waals surface area contributed by atoms with Crippen molar-refractivity contribution in [3.63, 3.8) is 0 Å². The molecule has 4 rings (SSSR count). The Morgan fingerprint density at radius 2 is 2.00 bits per heavy atom. The lowest BCUT2D eigenvalue weighted by molar-refractivity contribution is -0.114. The molecule has 0 radical (unpaired) electrons. The minimum Gasteiger partial charge on any atom is -0.496 e. The van der Waals surface area contributed by atoms with Gasteiger partial charge in [-0.2, -0.15) is 0 Å². The highest BCUT2D eigenvalue weighted by Crippen LogP contribution is 2.33. The van der Waals surface area contributed by atoms with Gasteiger partial charge in [-0.05, 0) is 48.0 Å². The number of rotatable bonds is 9. The minimum absolute atomic E-state index is 0.121. The normalized spacial score (nSPS) is 10.7. The van der Waals surface area contributed by atoms with E-state index in [1.165, 1.54) is 24.5 Å². The van der Waals surface area contributed by atoms with Crippen LogP contribution in [0.4, 0.5) is 15.9 Å². The van der Waals surface area contributed by atoms with Crippen LogP contribution >= 0.6 is 11.6 Å². The molecule has 34 heavy (non-hydrogen) atoms. The van der Waals surface area contributed by atoms with Crippen molar-refractivity contribution in [2.24, 2.45) is 0 Å². The highest BCUT2D eigenvalue weighted by atomic mass is 35.5. The molecule has 1 aromatic heterocycles. The molecule has 172 valence electrons. The molecule has 4 aromatic rings. The average Bonchev–Trinajstić information content (AvgIpc) is 2.83. The van der Waals surface area contributed by atoms with E-state index in [2.05, 4.69) is 21.9 Å². The van der Waals surface area contributed by atoms with E-state index in [1.54, 1.807) is 43.5 Å².